The maximum Gasteiger partial charge on any atom is 0.262 e. The van der Waals surface area contributed by atoms with E-state index in [1.165, 1.54) is 11.8 Å². The maximum atomic E-state index is 12.9. The predicted molar refractivity (Wildman–Crippen MR) is 124 cm³/mol. The maximum absolute atomic E-state index is 12.9. The molecule has 6 nitrogen and oxygen atoms in total. The lowest BCUT2D eigenvalue weighted by Crippen LogP contribution is -2.30. The zero-order valence-corrected chi connectivity index (χ0v) is 19.4. The van der Waals surface area contributed by atoms with Gasteiger partial charge in [-0.25, -0.2) is 4.98 Å². The Morgan fingerprint density at radius 3 is 2.87 bits per heavy atom. The summed E-state index contributed by atoms with van der Waals surface area (Å²) in [7, 11) is 0. The van der Waals surface area contributed by atoms with Gasteiger partial charge < -0.3 is 10.1 Å². The van der Waals surface area contributed by atoms with Crippen molar-refractivity contribution >= 4 is 44.5 Å². The van der Waals surface area contributed by atoms with Gasteiger partial charge in [0.15, 0.2) is 5.16 Å². The zero-order valence-electron chi connectivity index (χ0n) is 17.0. The molecule has 0 aliphatic rings. The predicted octanol–water partition coefficient (Wildman–Crippen LogP) is 4.16. The van der Waals surface area contributed by atoms with Crippen molar-refractivity contribution in [3.63, 3.8) is 0 Å². The normalized spacial score (nSPS) is 10.9. The van der Waals surface area contributed by atoms with Crippen LogP contribution in [-0.2, 0) is 11.3 Å². The minimum Gasteiger partial charge on any atom is -0.492 e. The molecule has 158 valence electrons. The van der Waals surface area contributed by atoms with Gasteiger partial charge in [0.25, 0.3) is 5.56 Å². The van der Waals surface area contributed by atoms with Gasteiger partial charge in [-0.15, -0.1) is 0 Å². The summed E-state index contributed by atoms with van der Waals surface area (Å²) in [6, 6.07) is 13.2. The van der Waals surface area contributed by atoms with Crippen LogP contribution in [0.25, 0.3) is 10.9 Å². The van der Waals surface area contributed by atoms with Crippen LogP contribution in [0.2, 0.25) is 0 Å². The molecule has 0 aliphatic carbocycles. The van der Waals surface area contributed by atoms with Crippen molar-refractivity contribution in [2.45, 2.75) is 32.0 Å². The van der Waals surface area contributed by atoms with E-state index in [4.69, 9.17) is 4.74 Å². The Kier molecular flexibility index (Phi) is 7.93. The van der Waals surface area contributed by atoms with Gasteiger partial charge in [0.2, 0.25) is 5.91 Å². The molecule has 1 amide bonds. The van der Waals surface area contributed by atoms with Gasteiger partial charge in [-0.05, 0) is 49.2 Å². The molecule has 30 heavy (non-hydrogen) atoms. The number of fused-ring (bicyclic) bond motifs is 1. The van der Waals surface area contributed by atoms with Gasteiger partial charge in [0.05, 0.1) is 23.2 Å². The van der Waals surface area contributed by atoms with E-state index < -0.39 is 0 Å². The smallest absolute Gasteiger partial charge is 0.262 e. The van der Waals surface area contributed by atoms with Gasteiger partial charge in [0.1, 0.15) is 12.4 Å². The van der Waals surface area contributed by atoms with Crippen LogP contribution in [0.5, 0.6) is 5.75 Å². The van der Waals surface area contributed by atoms with Crippen molar-refractivity contribution in [3.8, 4) is 5.75 Å². The van der Waals surface area contributed by atoms with Gasteiger partial charge in [-0.2, -0.15) is 0 Å². The first kappa shape index (κ1) is 22.4. The van der Waals surface area contributed by atoms with Crippen molar-refractivity contribution in [3.05, 3.63) is 62.9 Å². The number of ether oxygens (including phenoxy) is 1. The first-order chi connectivity index (χ1) is 14.5. The number of aryl methyl sites for hydroxylation is 1. The Labute approximate surface area is 188 Å². The number of hydrogen-bond donors (Lipinski definition) is 1. The molecule has 0 radical (unpaired) electrons. The second-order valence-corrected chi connectivity index (χ2v) is 8.67. The molecule has 0 bridgehead atoms. The zero-order chi connectivity index (χ0) is 21.5. The van der Waals surface area contributed by atoms with Gasteiger partial charge in [-0.3, -0.25) is 14.2 Å². The van der Waals surface area contributed by atoms with Crippen molar-refractivity contribution in [2.24, 2.45) is 0 Å². The second kappa shape index (κ2) is 10.6. The summed E-state index contributed by atoms with van der Waals surface area (Å²) >= 11 is 4.67. The lowest BCUT2D eigenvalue weighted by molar-refractivity contribution is -0.118. The van der Waals surface area contributed by atoms with Crippen LogP contribution in [0.3, 0.4) is 0 Å². The molecule has 3 aromatic rings. The summed E-state index contributed by atoms with van der Waals surface area (Å²) in [5, 5.41) is 3.97. The van der Waals surface area contributed by atoms with E-state index in [1.54, 1.807) is 10.6 Å². The molecule has 0 atom stereocenters. The molecule has 0 unspecified atom stereocenters. The lowest BCUT2D eigenvalue weighted by atomic mass is 10.2. The Morgan fingerprint density at radius 1 is 1.27 bits per heavy atom. The number of aromatic nitrogens is 2. The van der Waals surface area contributed by atoms with Crippen LogP contribution in [0.1, 0.15) is 18.9 Å². The number of hydrogen-bond acceptors (Lipinski definition) is 5. The highest BCUT2D eigenvalue weighted by Crippen LogP contribution is 2.20. The number of halogens is 1. The number of thioether (sulfide) groups is 1. The number of rotatable bonds is 9. The monoisotopic (exact) mass is 489 g/mol. The third-order valence-corrected chi connectivity index (χ3v) is 5.81. The molecular weight excluding hydrogens is 466 g/mol. The summed E-state index contributed by atoms with van der Waals surface area (Å²) in [5.74, 6) is 0.845. The number of carbonyl (C=O) groups is 1. The molecule has 2 aromatic carbocycles. The quantitative estimate of drug-likeness (QED) is 0.277. The average molecular weight is 490 g/mol. The fourth-order valence-electron chi connectivity index (χ4n) is 2.95. The lowest BCUT2D eigenvalue weighted by Gasteiger charge is -2.12. The fraction of sp³-hybridized carbons (Fsp3) is 0.318. The summed E-state index contributed by atoms with van der Waals surface area (Å²) in [5.41, 5.74) is 1.67. The third kappa shape index (κ3) is 5.86. The first-order valence-corrected chi connectivity index (χ1v) is 11.5. The standard InChI is InChI=1S/C22H24BrN3O3S/c1-3-10-26-21(28)18-13-16(23)7-8-19(18)25-22(26)30-14-20(27)24-9-11-29-17-6-4-5-15(2)12-17/h4-8,12-13H,3,9-11,14H2,1-2H3,(H,24,27). The van der Waals surface area contributed by atoms with Crippen LogP contribution < -0.4 is 15.6 Å². The van der Waals surface area contributed by atoms with Gasteiger partial charge in [-0.1, -0.05) is 46.7 Å². The van der Waals surface area contributed by atoms with E-state index in [9.17, 15) is 9.59 Å². The third-order valence-electron chi connectivity index (χ3n) is 4.34. The Balaban J connectivity index is 1.59. The van der Waals surface area contributed by atoms with E-state index in [0.717, 1.165) is 22.2 Å². The van der Waals surface area contributed by atoms with Crippen LogP contribution >= 0.6 is 27.7 Å². The number of nitrogens with zero attached hydrogens (tertiary/aromatic N) is 2. The largest absolute Gasteiger partial charge is 0.492 e. The van der Waals surface area contributed by atoms with Crippen LogP contribution in [0.15, 0.2) is 56.9 Å². The van der Waals surface area contributed by atoms with Crippen LogP contribution in [0, 0.1) is 6.92 Å². The number of benzene rings is 2. The van der Waals surface area contributed by atoms with Crippen molar-refractivity contribution < 1.29 is 9.53 Å². The molecule has 1 N–H and O–H groups in total. The van der Waals surface area contributed by atoms with Crippen molar-refractivity contribution in [1.82, 2.24) is 14.9 Å². The highest BCUT2D eigenvalue weighted by atomic mass is 79.9. The van der Waals surface area contributed by atoms with Crippen molar-refractivity contribution in [2.75, 3.05) is 18.9 Å². The summed E-state index contributed by atoms with van der Waals surface area (Å²) in [6.07, 6.45) is 0.803. The van der Waals surface area contributed by atoms with Crippen molar-refractivity contribution in [1.29, 1.82) is 0 Å². The summed E-state index contributed by atoms with van der Waals surface area (Å²) < 4.78 is 8.13. The Bertz CT molecular complexity index is 1100. The number of nitrogens with one attached hydrogen (secondary N) is 1. The minimum atomic E-state index is -0.124. The average Bonchev–Trinajstić information content (AvgIpc) is 2.72. The van der Waals surface area contributed by atoms with E-state index >= 15 is 0 Å². The van der Waals surface area contributed by atoms with Crippen LogP contribution in [0.4, 0.5) is 0 Å². The molecule has 1 heterocycles. The van der Waals surface area contributed by atoms with Crippen LogP contribution in [-0.4, -0.2) is 34.4 Å². The fourth-order valence-corrected chi connectivity index (χ4v) is 4.17. The highest BCUT2D eigenvalue weighted by molar-refractivity contribution is 9.10. The molecule has 0 aliphatic heterocycles. The Morgan fingerprint density at radius 2 is 2.10 bits per heavy atom. The van der Waals surface area contributed by atoms with E-state index in [2.05, 4.69) is 26.2 Å². The molecule has 0 spiro atoms. The first-order valence-electron chi connectivity index (χ1n) is 9.77. The summed E-state index contributed by atoms with van der Waals surface area (Å²) in [4.78, 5) is 29.7. The Hall–Kier alpha value is -2.32. The molecule has 0 saturated heterocycles. The van der Waals surface area contributed by atoms with E-state index in [0.29, 0.717) is 35.8 Å². The van der Waals surface area contributed by atoms with E-state index in [-0.39, 0.29) is 17.2 Å². The minimum absolute atomic E-state index is 0.0855. The molecule has 1 aromatic heterocycles. The van der Waals surface area contributed by atoms with Gasteiger partial charge >= 0.3 is 0 Å². The highest BCUT2D eigenvalue weighted by Gasteiger charge is 2.13. The molecule has 0 saturated carbocycles. The van der Waals surface area contributed by atoms with Gasteiger partial charge in [0, 0.05) is 11.0 Å². The summed E-state index contributed by atoms with van der Waals surface area (Å²) in [6.45, 7) is 5.37. The molecule has 0 fully saturated rings. The van der Waals surface area contributed by atoms with E-state index in [1.807, 2.05) is 50.2 Å². The molecule has 8 heteroatoms. The molecular formula is C22H24BrN3O3S. The molecule has 3 rings (SSSR count). The topological polar surface area (TPSA) is 73.2 Å². The second-order valence-electron chi connectivity index (χ2n) is 6.82. The number of amides is 1. The SMILES string of the molecule is CCCn1c(SCC(=O)NCCOc2cccc(C)c2)nc2ccc(Br)cc2c1=O. The number of carbonyl (C=O) groups excluding carboxylic acids is 1.